The molecule has 3 rings (SSSR count). The van der Waals surface area contributed by atoms with E-state index in [0.29, 0.717) is 24.5 Å². The molecule has 0 spiro atoms. The number of aryl methyl sites for hydroxylation is 2. The predicted molar refractivity (Wildman–Crippen MR) is 163 cm³/mol. The van der Waals surface area contributed by atoms with Crippen molar-refractivity contribution < 1.29 is 14.3 Å². The smallest absolute Gasteiger partial charge is 0.305 e. The zero-order valence-electron chi connectivity index (χ0n) is 23.9. The van der Waals surface area contributed by atoms with Crippen LogP contribution >= 0.6 is 0 Å². The molecule has 0 amide bonds. The number of ether oxygens (including phenoxy) is 2. The number of para-hydroxylation sites is 1. The summed E-state index contributed by atoms with van der Waals surface area (Å²) in [5, 5.41) is 9.07. The van der Waals surface area contributed by atoms with Crippen molar-refractivity contribution >= 4 is 12.0 Å². The lowest BCUT2D eigenvalue weighted by Crippen LogP contribution is -2.04. The van der Waals surface area contributed by atoms with E-state index in [1.807, 2.05) is 37.3 Å². The summed E-state index contributed by atoms with van der Waals surface area (Å²) in [4.78, 5) is 11.7. The topological polar surface area (TPSA) is 59.3 Å². The van der Waals surface area contributed by atoms with E-state index in [1.54, 1.807) is 0 Å². The van der Waals surface area contributed by atoms with Crippen LogP contribution in [-0.4, -0.2) is 19.2 Å². The van der Waals surface area contributed by atoms with Gasteiger partial charge < -0.3 is 9.47 Å². The first-order chi connectivity index (χ1) is 19.7. The molecule has 3 aromatic rings. The van der Waals surface area contributed by atoms with Crippen molar-refractivity contribution in [2.45, 2.75) is 71.1 Å². The van der Waals surface area contributed by atoms with Crippen LogP contribution in [0.4, 0.5) is 0 Å². The highest BCUT2D eigenvalue weighted by atomic mass is 16.5. The number of hydrogen-bond acceptors (Lipinski definition) is 4. The van der Waals surface area contributed by atoms with Gasteiger partial charge in [-0.05, 0) is 93.5 Å². The van der Waals surface area contributed by atoms with Gasteiger partial charge in [-0.2, -0.15) is 5.26 Å². The van der Waals surface area contributed by atoms with Crippen molar-refractivity contribution in [1.29, 1.82) is 5.26 Å². The summed E-state index contributed by atoms with van der Waals surface area (Å²) in [5.41, 5.74) is 4.42. The van der Waals surface area contributed by atoms with Crippen LogP contribution in [-0.2, 0) is 22.4 Å². The Labute approximate surface area is 240 Å². The molecule has 3 aromatic carbocycles. The molecular weight excluding hydrogens is 494 g/mol. The minimum Gasteiger partial charge on any atom is -0.493 e. The summed E-state index contributed by atoms with van der Waals surface area (Å²) in [6.45, 7) is 3.00. The average molecular weight is 538 g/mol. The highest BCUT2D eigenvalue weighted by molar-refractivity contribution is 5.69. The van der Waals surface area contributed by atoms with Crippen molar-refractivity contribution in [3.05, 3.63) is 107 Å². The first-order valence-electron chi connectivity index (χ1n) is 14.8. The molecule has 0 saturated carbocycles. The van der Waals surface area contributed by atoms with E-state index in [0.717, 1.165) is 69.3 Å². The van der Waals surface area contributed by atoms with Crippen molar-refractivity contribution in [2.75, 3.05) is 13.2 Å². The van der Waals surface area contributed by atoms with E-state index in [2.05, 4.69) is 66.8 Å². The Balaban J connectivity index is 1.52. The molecule has 4 heteroatoms. The van der Waals surface area contributed by atoms with Crippen LogP contribution in [0.5, 0.6) is 5.75 Å². The Hall–Kier alpha value is -3.84. The summed E-state index contributed by atoms with van der Waals surface area (Å²) >= 11 is 0. The van der Waals surface area contributed by atoms with E-state index in [1.165, 1.54) is 17.5 Å². The van der Waals surface area contributed by atoms with Crippen LogP contribution in [0.2, 0.25) is 0 Å². The number of carbonyl (C=O) groups is 1. The van der Waals surface area contributed by atoms with E-state index >= 15 is 0 Å². The lowest BCUT2D eigenvalue weighted by Gasteiger charge is -2.14. The minimum atomic E-state index is -0.113. The number of esters is 1. The highest BCUT2D eigenvalue weighted by Crippen LogP contribution is 2.24. The molecule has 0 radical (unpaired) electrons. The Morgan fingerprint density at radius 2 is 1.57 bits per heavy atom. The first-order valence-corrected chi connectivity index (χ1v) is 14.8. The number of allylic oxidation sites excluding steroid dienone is 1. The zero-order chi connectivity index (χ0) is 28.3. The molecule has 0 N–H and O–H groups in total. The molecular formula is C36H43NO3. The van der Waals surface area contributed by atoms with Crippen molar-refractivity contribution in [1.82, 2.24) is 0 Å². The largest absolute Gasteiger partial charge is 0.493 e. The fraction of sp³-hybridized carbons (Fsp3) is 0.389. The number of benzene rings is 3. The monoisotopic (exact) mass is 537 g/mol. The molecule has 1 unspecified atom stereocenters. The lowest BCUT2D eigenvalue weighted by atomic mass is 9.92. The zero-order valence-corrected chi connectivity index (χ0v) is 23.9. The van der Waals surface area contributed by atoms with Gasteiger partial charge in [-0.25, -0.2) is 0 Å². The van der Waals surface area contributed by atoms with E-state index in [-0.39, 0.29) is 5.97 Å². The van der Waals surface area contributed by atoms with Crippen LogP contribution in [0, 0.1) is 17.2 Å². The van der Waals surface area contributed by atoms with Gasteiger partial charge in [-0.15, -0.1) is 0 Å². The van der Waals surface area contributed by atoms with E-state index in [9.17, 15) is 4.79 Å². The van der Waals surface area contributed by atoms with Crippen LogP contribution in [0.25, 0.3) is 6.08 Å². The van der Waals surface area contributed by atoms with Crippen LogP contribution in [0.1, 0.15) is 80.5 Å². The Kier molecular flexibility index (Phi) is 14.2. The van der Waals surface area contributed by atoms with Crippen LogP contribution in [0.15, 0.2) is 84.9 Å². The Morgan fingerprint density at radius 1 is 0.825 bits per heavy atom. The second kappa shape index (κ2) is 18.4. The van der Waals surface area contributed by atoms with Gasteiger partial charge in [-0.1, -0.05) is 79.2 Å². The summed E-state index contributed by atoms with van der Waals surface area (Å²) in [6.07, 6.45) is 14.2. The second-order valence-corrected chi connectivity index (χ2v) is 10.2. The predicted octanol–water partition coefficient (Wildman–Crippen LogP) is 8.74. The first kappa shape index (κ1) is 30.7. The molecule has 0 aliphatic carbocycles. The van der Waals surface area contributed by atoms with Crippen molar-refractivity contribution in [3.8, 4) is 11.8 Å². The van der Waals surface area contributed by atoms with Gasteiger partial charge in [0.15, 0.2) is 0 Å². The van der Waals surface area contributed by atoms with E-state index < -0.39 is 0 Å². The van der Waals surface area contributed by atoms with E-state index in [4.69, 9.17) is 14.7 Å². The van der Waals surface area contributed by atoms with Gasteiger partial charge in [0.05, 0.1) is 24.8 Å². The maximum atomic E-state index is 11.7. The van der Waals surface area contributed by atoms with Gasteiger partial charge in [-0.3, -0.25) is 4.79 Å². The fourth-order valence-corrected chi connectivity index (χ4v) is 4.77. The third kappa shape index (κ3) is 11.9. The van der Waals surface area contributed by atoms with Crippen LogP contribution < -0.4 is 4.74 Å². The highest BCUT2D eigenvalue weighted by Gasteiger charge is 2.09. The molecule has 1 atom stereocenters. The SMILES string of the molecule is CCOC(=O)CCCCC(/C=C/c1ccccc1OCCCCCc1ccccc1)CCc1ccc(C#N)cc1. The van der Waals surface area contributed by atoms with Crippen LogP contribution in [0.3, 0.4) is 0 Å². The Morgan fingerprint density at radius 3 is 2.35 bits per heavy atom. The molecule has 0 aromatic heterocycles. The van der Waals surface area contributed by atoms with Crippen molar-refractivity contribution in [3.63, 3.8) is 0 Å². The number of nitriles is 1. The third-order valence-electron chi connectivity index (χ3n) is 7.08. The normalized spacial score (nSPS) is 11.7. The molecule has 4 nitrogen and oxygen atoms in total. The fourth-order valence-electron chi connectivity index (χ4n) is 4.77. The standard InChI is InChI=1S/C36H43NO3/c1-2-39-36(38)19-11-8-16-31(20-21-32-22-24-33(29-37)25-23-32)26-27-34-17-9-10-18-35(34)40-28-12-4-7-15-30-13-5-3-6-14-30/h3,5-6,9-10,13-14,17-18,22-27,31H,2,4,7-8,11-12,15-16,19-21,28H2,1H3/b27-26+. The van der Waals surface area contributed by atoms with Gasteiger partial charge in [0.1, 0.15) is 5.75 Å². The summed E-state index contributed by atoms with van der Waals surface area (Å²) in [6, 6.07) is 28.9. The second-order valence-electron chi connectivity index (χ2n) is 10.2. The van der Waals surface area contributed by atoms with Gasteiger partial charge in [0.2, 0.25) is 0 Å². The maximum Gasteiger partial charge on any atom is 0.305 e. The summed E-state index contributed by atoms with van der Waals surface area (Å²) < 4.78 is 11.3. The number of unbranched alkanes of at least 4 members (excludes halogenated alkanes) is 3. The number of hydrogen-bond donors (Lipinski definition) is 0. The molecule has 0 aliphatic rings. The van der Waals surface area contributed by atoms with Gasteiger partial charge in [0.25, 0.3) is 0 Å². The molecule has 0 bridgehead atoms. The molecule has 210 valence electrons. The molecule has 0 aliphatic heterocycles. The maximum absolute atomic E-state index is 11.7. The van der Waals surface area contributed by atoms with Gasteiger partial charge >= 0.3 is 5.97 Å². The van der Waals surface area contributed by atoms with Gasteiger partial charge in [0, 0.05) is 12.0 Å². The summed E-state index contributed by atoms with van der Waals surface area (Å²) in [5.74, 6) is 1.19. The molecule has 0 heterocycles. The lowest BCUT2D eigenvalue weighted by molar-refractivity contribution is -0.143. The molecule has 0 fully saturated rings. The average Bonchev–Trinajstić information content (AvgIpc) is 2.99. The Bertz CT molecular complexity index is 1190. The number of rotatable bonds is 18. The third-order valence-corrected chi connectivity index (χ3v) is 7.08. The van der Waals surface area contributed by atoms with Crippen molar-refractivity contribution in [2.24, 2.45) is 5.92 Å². The number of nitrogens with zero attached hydrogens (tertiary/aromatic N) is 1. The number of carbonyl (C=O) groups excluding carboxylic acids is 1. The quantitative estimate of drug-likeness (QED) is 0.120. The minimum absolute atomic E-state index is 0.113. The summed E-state index contributed by atoms with van der Waals surface area (Å²) in [7, 11) is 0. The molecule has 40 heavy (non-hydrogen) atoms. The molecule has 0 saturated heterocycles.